The summed E-state index contributed by atoms with van der Waals surface area (Å²) in [4.78, 5) is 13.1. The Balaban J connectivity index is 1.20. The fourth-order valence-corrected chi connectivity index (χ4v) is 5.20. The summed E-state index contributed by atoms with van der Waals surface area (Å²) < 4.78 is 31.9. The van der Waals surface area contributed by atoms with E-state index in [1.165, 1.54) is 25.6 Å². The van der Waals surface area contributed by atoms with Crippen LogP contribution in [0.25, 0.3) is 11.1 Å². The fraction of sp³-hybridized carbons (Fsp3) is 0.516. The molecule has 0 amide bonds. The first-order valence-corrected chi connectivity index (χ1v) is 15.7. The predicted molar refractivity (Wildman–Crippen MR) is 169 cm³/mol. The number of rotatable bonds is 18. The summed E-state index contributed by atoms with van der Waals surface area (Å²) in [5, 5.41) is 12.7. The molecule has 5 rings (SSSR count). The Morgan fingerprint density at radius 3 is 2.47 bits per heavy atom. The first-order valence-electron chi connectivity index (χ1n) is 15.3. The molecule has 0 saturated heterocycles. The molecule has 14 heteroatoms. The van der Waals surface area contributed by atoms with Crippen molar-refractivity contribution < 1.29 is 23.7 Å². The van der Waals surface area contributed by atoms with Gasteiger partial charge in [-0.3, -0.25) is 4.68 Å². The van der Waals surface area contributed by atoms with Gasteiger partial charge in [-0.25, -0.2) is 19.6 Å². The zero-order chi connectivity index (χ0) is 31.3. The Bertz CT molecular complexity index is 1430. The lowest BCUT2D eigenvalue weighted by Gasteiger charge is -2.21. The van der Waals surface area contributed by atoms with Crippen molar-refractivity contribution >= 4 is 23.2 Å². The van der Waals surface area contributed by atoms with Crippen LogP contribution < -0.4 is 14.8 Å². The van der Waals surface area contributed by atoms with Gasteiger partial charge in [0.2, 0.25) is 5.95 Å². The van der Waals surface area contributed by atoms with E-state index in [0.717, 1.165) is 24.0 Å². The second kappa shape index (κ2) is 17.1. The average Bonchev–Trinajstić information content (AvgIpc) is 3.72. The third-order valence-corrected chi connectivity index (χ3v) is 7.63. The summed E-state index contributed by atoms with van der Waals surface area (Å²) in [5.74, 6) is 1.50. The maximum atomic E-state index is 6.44. The van der Waals surface area contributed by atoms with Crippen LogP contribution in [0.4, 0.5) is 11.6 Å². The van der Waals surface area contributed by atoms with Crippen LogP contribution >= 0.6 is 11.6 Å². The molecule has 3 aromatic heterocycles. The molecule has 45 heavy (non-hydrogen) atoms. The van der Waals surface area contributed by atoms with Crippen molar-refractivity contribution in [3.05, 3.63) is 54.5 Å². The van der Waals surface area contributed by atoms with E-state index in [0.29, 0.717) is 80.5 Å². The molecular weight excluding hydrogens is 600 g/mol. The van der Waals surface area contributed by atoms with E-state index in [9.17, 15) is 0 Å². The van der Waals surface area contributed by atoms with E-state index in [2.05, 4.69) is 25.4 Å². The highest BCUT2D eigenvalue weighted by atomic mass is 35.5. The maximum Gasteiger partial charge on any atom is 0.257 e. The number of methoxy groups -OCH3 is 1. The average molecular weight is 641 g/mol. The largest absolute Gasteiger partial charge is 0.487 e. The smallest absolute Gasteiger partial charge is 0.257 e. The summed E-state index contributed by atoms with van der Waals surface area (Å²) in [6.07, 6.45) is 14.4. The van der Waals surface area contributed by atoms with Gasteiger partial charge < -0.3 is 29.0 Å². The third-order valence-electron chi connectivity index (χ3n) is 7.32. The number of nitrogens with one attached hydrogen (secondary N) is 1. The van der Waals surface area contributed by atoms with E-state index < -0.39 is 0 Å². The van der Waals surface area contributed by atoms with Crippen LogP contribution in [0, 0.1) is 0 Å². The molecule has 3 heterocycles. The van der Waals surface area contributed by atoms with Gasteiger partial charge >= 0.3 is 0 Å². The van der Waals surface area contributed by atoms with Gasteiger partial charge in [-0.15, -0.1) is 5.10 Å². The first kappa shape index (κ1) is 32.6. The Labute approximate surface area is 268 Å². The lowest BCUT2D eigenvalue weighted by atomic mass is 9.96. The van der Waals surface area contributed by atoms with Gasteiger partial charge in [-0.2, -0.15) is 5.10 Å². The minimum Gasteiger partial charge on any atom is -0.487 e. The SMILES string of the molecule is COCCOCCOCCOc1nn(C2CCCCC2)cc1Nc1ncc(-c2ccc(Cl)c(O[C@@H](C)Cn3cncn3)c2)cn1. The number of nitrogens with zero attached hydrogens (tertiary/aromatic N) is 7. The summed E-state index contributed by atoms with van der Waals surface area (Å²) in [6, 6.07) is 5.96. The first-order chi connectivity index (χ1) is 22.1. The highest BCUT2D eigenvalue weighted by Gasteiger charge is 2.20. The van der Waals surface area contributed by atoms with Gasteiger partial charge in [0.1, 0.15) is 36.8 Å². The number of hydrogen-bond acceptors (Lipinski definition) is 11. The van der Waals surface area contributed by atoms with Gasteiger partial charge in [0.15, 0.2) is 0 Å². The van der Waals surface area contributed by atoms with Crippen molar-refractivity contribution in [3.8, 4) is 22.8 Å². The molecule has 1 fully saturated rings. The van der Waals surface area contributed by atoms with Crippen molar-refractivity contribution in [2.75, 3.05) is 52.1 Å². The highest BCUT2D eigenvalue weighted by molar-refractivity contribution is 6.32. The second-order valence-corrected chi connectivity index (χ2v) is 11.2. The Morgan fingerprint density at radius 2 is 1.73 bits per heavy atom. The van der Waals surface area contributed by atoms with Gasteiger partial charge in [0.05, 0.1) is 56.8 Å². The number of halogens is 1. The Morgan fingerprint density at radius 1 is 0.978 bits per heavy atom. The third kappa shape index (κ3) is 9.85. The molecule has 1 aromatic carbocycles. The number of aromatic nitrogens is 7. The molecule has 1 saturated carbocycles. The Hall–Kier alpha value is -3.78. The molecule has 1 N–H and O–H groups in total. The second-order valence-electron chi connectivity index (χ2n) is 10.8. The van der Waals surface area contributed by atoms with Gasteiger partial charge in [-0.05, 0) is 37.5 Å². The van der Waals surface area contributed by atoms with E-state index in [1.807, 2.05) is 36.0 Å². The fourth-order valence-electron chi connectivity index (χ4n) is 5.04. The summed E-state index contributed by atoms with van der Waals surface area (Å²) >= 11 is 6.44. The predicted octanol–water partition coefficient (Wildman–Crippen LogP) is 5.36. The van der Waals surface area contributed by atoms with E-state index >= 15 is 0 Å². The topological polar surface area (TPSA) is 132 Å². The van der Waals surface area contributed by atoms with Crippen molar-refractivity contribution in [1.29, 1.82) is 0 Å². The molecule has 0 bridgehead atoms. The highest BCUT2D eigenvalue weighted by Crippen LogP contribution is 2.34. The molecule has 0 radical (unpaired) electrons. The van der Waals surface area contributed by atoms with Gasteiger partial charge in [0, 0.05) is 25.1 Å². The lowest BCUT2D eigenvalue weighted by Crippen LogP contribution is -2.20. The summed E-state index contributed by atoms with van der Waals surface area (Å²) in [7, 11) is 1.65. The molecule has 0 spiro atoms. The van der Waals surface area contributed by atoms with Gasteiger partial charge in [-0.1, -0.05) is 36.9 Å². The Kier molecular flexibility index (Phi) is 12.4. The molecular formula is C31H41ClN8O5. The molecule has 1 atom stereocenters. The van der Waals surface area contributed by atoms with Crippen LogP contribution in [0.15, 0.2) is 49.4 Å². The van der Waals surface area contributed by atoms with Crippen LogP contribution in [0.5, 0.6) is 11.6 Å². The minimum atomic E-state index is -0.167. The van der Waals surface area contributed by atoms with Crippen LogP contribution in [0.2, 0.25) is 5.02 Å². The van der Waals surface area contributed by atoms with Crippen LogP contribution in [0.3, 0.4) is 0 Å². The van der Waals surface area contributed by atoms with E-state index in [1.54, 1.807) is 30.5 Å². The van der Waals surface area contributed by atoms with Crippen molar-refractivity contribution in [1.82, 2.24) is 34.5 Å². The summed E-state index contributed by atoms with van der Waals surface area (Å²) in [6.45, 7) is 5.38. The standard InChI is InChI=1S/C31H41ClN8O5/c1-23(19-39-22-33-21-36-39)45-29-16-24(8-9-27(29)32)25-17-34-31(35-18-25)37-28-20-40(26-6-4-3-5-7-26)38-30(28)44-15-14-43-13-12-42-11-10-41-2/h8-9,16-18,20-23,26H,3-7,10-15,19H2,1-2H3,(H,34,35,37)/t23-/m0/s1. The molecule has 242 valence electrons. The van der Waals surface area contributed by atoms with Crippen LogP contribution in [0.1, 0.15) is 45.1 Å². The number of anilines is 2. The molecule has 1 aliphatic rings. The lowest BCUT2D eigenvalue weighted by molar-refractivity contribution is 0.0176. The van der Waals surface area contributed by atoms with Crippen LogP contribution in [-0.2, 0) is 20.8 Å². The number of ether oxygens (including phenoxy) is 5. The zero-order valence-electron chi connectivity index (χ0n) is 25.8. The summed E-state index contributed by atoms with van der Waals surface area (Å²) in [5.41, 5.74) is 2.41. The molecule has 0 aliphatic heterocycles. The van der Waals surface area contributed by atoms with E-state index in [4.69, 9.17) is 40.4 Å². The molecule has 1 aliphatic carbocycles. The minimum absolute atomic E-state index is 0.167. The number of benzene rings is 1. The van der Waals surface area contributed by atoms with Crippen molar-refractivity contribution in [3.63, 3.8) is 0 Å². The molecule has 13 nitrogen and oxygen atoms in total. The zero-order valence-corrected chi connectivity index (χ0v) is 26.6. The normalized spacial score (nSPS) is 14.4. The maximum absolute atomic E-state index is 6.44. The van der Waals surface area contributed by atoms with Crippen molar-refractivity contribution in [2.45, 2.75) is 57.7 Å². The monoisotopic (exact) mass is 640 g/mol. The quantitative estimate of drug-likeness (QED) is 0.141. The van der Waals surface area contributed by atoms with Crippen molar-refractivity contribution in [2.24, 2.45) is 0 Å². The number of hydrogen-bond donors (Lipinski definition) is 1. The molecule has 4 aromatic rings. The van der Waals surface area contributed by atoms with E-state index in [-0.39, 0.29) is 6.10 Å². The van der Waals surface area contributed by atoms with Gasteiger partial charge in [0.25, 0.3) is 5.88 Å². The molecule has 0 unspecified atom stereocenters. The van der Waals surface area contributed by atoms with Crippen LogP contribution in [-0.4, -0.2) is 87.4 Å².